The van der Waals surface area contributed by atoms with Crippen LogP contribution >= 0.6 is 8.60 Å². The van der Waals surface area contributed by atoms with Crippen molar-refractivity contribution in [3.05, 3.63) is 88.0 Å². The third kappa shape index (κ3) is 13.9. The van der Waals surface area contributed by atoms with Crippen LogP contribution in [0.25, 0.3) is 0 Å². The van der Waals surface area contributed by atoms with E-state index in [1.54, 1.807) is 9.37 Å². The average Bonchev–Trinajstić information content (AvgIpc) is 2.69. The van der Waals surface area contributed by atoms with Gasteiger partial charge in [-0.15, -0.1) is 0 Å². The summed E-state index contributed by atoms with van der Waals surface area (Å²) in [4.78, 5) is 25.4. The Hall–Kier alpha value is 0.736. The van der Waals surface area contributed by atoms with E-state index >= 15 is 0 Å². The fraction of sp³-hybridized carbons (Fsp3) is 0.250. The van der Waals surface area contributed by atoms with Crippen LogP contribution in [0.5, 0.6) is 0 Å². The van der Waals surface area contributed by atoms with Crippen molar-refractivity contribution in [3.63, 3.8) is 0 Å². The van der Waals surface area contributed by atoms with Gasteiger partial charge >= 0.3 is 216 Å². The molecule has 0 heterocycles. The summed E-state index contributed by atoms with van der Waals surface area (Å²) in [7, 11) is -3.37. The number of rotatable bonds is 0. The third-order valence-electron chi connectivity index (χ3n) is 5.15. The Bertz CT molecular complexity index is 766. The Labute approximate surface area is 236 Å². The molecule has 0 aromatic heterocycles. The van der Waals surface area contributed by atoms with Crippen LogP contribution in [0.4, 0.5) is 0 Å². The van der Waals surface area contributed by atoms with Crippen molar-refractivity contribution in [3.8, 4) is 0 Å². The summed E-state index contributed by atoms with van der Waals surface area (Å²) in [5, 5.41) is 0. The fourth-order valence-corrected chi connectivity index (χ4v) is 5.99. The molecule has 0 fully saturated rings. The quantitative estimate of drug-likeness (QED) is 0.262. The number of hydrogen-bond donors (Lipinski definition) is 0. The van der Waals surface area contributed by atoms with Crippen LogP contribution < -0.4 is 24.0 Å². The van der Waals surface area contributed by atoms with Crippen LogP contribution in [0.15, 0.2) is 54.6 Å². The van der Waals surface area contributed by atoms with Crippen molar-refractivity contribution in [2.75, 3.05) is 0 Å². The predicted octanol–water partition coefficient (Wildman–Crippen LogP) is 1.72. The molecule has 3 rings (SSSR count). The second-order valence-corrected chi connectivity index (χ2v) is 14.3. The van der Waals surface area contributed by atoms with Crippen LogP contribution in [-0.4, -0.2) is 0 Å². The van der Waals surface area contributed by atoms with Crippen LogP contribution in [0.3, 0.4) is 0 Å². The van der Waals surface area contributed by atoms with E-state index in [2.05, 4.69) is 96.1 Å². The molecule has 0 radical (unpaired) electrons. The van der Waals surface area contributed by atoms with E-state index in [1.165, 1.54) is 33.4 Å². The van der Waals surface area contributed by atoms with E-state index in [4.69, 9.17) is 14.7 Å². The summed E-state index contributed by atoms with van der Waals surface area (Å²) < 4.78 is 4.66. The molecular weight excluding hydrogens is 704 g/mol. The van der Waals surface area contributed by atoms with E-state index in [9.17, 15) is 0 Å². The SMILES string of the molecule is Cc1ccc[c]([Cd+])c1C.Cc1ccc[c]([Cd+])c1C.Cc1ccc[c]([Cd+])c1C.[O-]P([O-])[O-]. The molecule has 152 valence electrons. The summed E-state index contributed by atoms with van der Waals surface area (Å²) in [5.74, 6) is 0. The van der Waals surface area contributed by atoms with Crippen LogP contribution in [0.1, 0.15) is 33.4 Å². The zero-order valence-corrected chi connectivity index (χ0v) is 32.5. The molecule has 3 nitrogen and oxygen atoms in total. The standard InChI is InChI=1S/3C8H9.3Cd.O3P/c3*1-7-5-3-4-6-8(7)2;;;;1-4(2)3/h3*3-5H,1-2H3;;;;/q;;;3*+1;-3. The monoisotopic (exact) mass is 736 g/mol. The molecule has 0 bridgehead atoms. The van der Waals surface area contributed by atoms with Gasteiger partial charge < -0.3 is 23.3 Å². The minimum absolute atomic E-state index is 0.958. The Kier molecular flexibility index (Phi) is 17.6. The van der Waals surface area contributed by atoms with Crippen molar-refractivity contribution in [2.45, 2.75) is 41.5 Å². The molecule has 0 aliphatic rings. The van der Waals surface area contributed by atoms with Gasteiger partial charge in [-0.05, 0) is 0 Å². The molecule has 0 spiro atoms. The summed E-state index contributed by atoms with van der Waals surface area (Å²) >= 11 is 2.87. The first-order valence-electron chi connectivity index (χ1n) is 9.84. The van der Waals surface area contributed by atoms with Gasteiger partial charge in [0.2, 0.25) is 0 Å². The van der Waals surface area contributed by atoms with E-state index in [1.807, 2.05) is 0 Å². The molecule has 3 aromatic rings. The van der Waals surface area contributed by atoms with Gasteiger partial charge in [0.15, 0.2) is 0 Å². The molecule has 0 aliphatic heterocycles. The number of aryl methyl sites for hydroxylation is 3. The van der Waals surface area contributed by atoms with E-state index in [-0.39, 0.29) is 0 Å². The third-order valence-corrected chi connectivity index (χ3v) is 11.7. The second-order valence-electron chi connectivity index (χ2n) is 7.30. The molecule has 0 N–H and O–H groups in total. The molecular formula is C24H27Cd3O3P. The smallest absolute Gasteiger partial charge is 0.438 e. The Balaban J connectivity index is 0.000000402. The molecule has 0 aliphatic carbocycles. The topological polar surface area (TPSA) is 69.2 Å². The number of hydrogen-bond acceptors (Lipinski definition) is 3. The summed E-state index contributed by atoms with van der Waals surface area (Å²) in [6.45, 7) is 13.1. The van der Waals surface area contributed by atoms with Gasteiger partial charge in [-0.3, -0.25) is 0 Å². The van der Waals surface area contributed by atoms with Gasteiger partial charge in [0.1, 0.15) is 0 Å². The summed E-state index contributed by atoms with van der Waals surface area (Å²) in [6, 6.07) is 19.6. The van der Waals surface area contributed by atoms with Gasteiger partial charge in [-0.25, -0.2) is 0 Å². The minimum Gasteiger partial charge on any atom is -0.854 e. The molecule has 0 amide bonds. The maximum atomic E-state index is 8.48. The first-order chi connectivity index (χ1) is 14.4. The van der Waals surface area contributed by atoms with Gasteiger partial charge in [-0.1, -0.05) is 0 Å². The first kappa shape index (κ1) is 31.7. The Morgan fingerprint density at radius 2 is 0.677 bits per heavy atom. The van der Waals surface area contributed by atoms with Crippen molar-refractivity contribution < 1.29 is 92.0 Å². The van der Waals surface area contributed by atoms with E-state index in [0.29, 0.717) is 0 Å². The van der Waals surface area contributed by atoms with Crippen molar-refractivity contribution >= 4 is 18.0 Å². The fourth-order valence-electron chi connectivity index (χ4n) is 2.44. The first-order valence-corrected chi connectivity index (χ1v) is 17.0. The maximum absolute atomic E-state index is 8.48. The van der Waals surface area contributed by atoms with Gasteiger partial charge in [-0.2, -0.15) is 0 Å². The Morgan fingerprint density at radius 1 is 0.484 bits per heavy atom. The molecule has 0 saturated carbocycles. The van der Waals surface area contributed by atoms with Gasteiger partial charge in [0.25, 0.3) is 0 Å². The van der Waals surface area contributed by atoms with Gasteiger partial charge in [0.05, 0.1) is 0 Å². The second kappa shape index (κ2) is 17.2. The average molecular weight is 732 g/mol. The molecule has 3 aromatic carbocycles. The van der Waals surface area contributed by atoms with Crippen LogP contribution in [0.2, 0.25) is 0 Å². The molecule has 0 saturated heterocycles. The zero-order valence-electron chi connectivity index (χ0n) is 19.5. The van der Waals surface area contributed by atoms with E-state index < -0.39 is 8.60 Å². The zero-order chi connectivity index (χ0) is 24.1. The summed E-state index contributed by atoms with van der Waals surface area (Å²) in [5.41, 5.74) is 8.75. The number of benzene rings is 3. The van der Waals surface area contributed by atoms with Crippen molar-refractivity contribution in [1.29, 1.82) is 0 Å². The maximum Gasteiger partial charge on any atom is -0.438 e. The van der Waals surface area contributed by atoms with Crippen LogP contribution in [-0.2, 0) is 77.3 Å². The predicted molar refractivity (Wildman–Crippen MR) is 114 cm³/mol. The normalized spacial score (nSPS) is 9.68. The molecule has 7 heteroatoms. The van der Waals surface area contributed by atoms with Crippen molar-refractivity contribution in [1.82, 2.24) is 0 Å². The summed E-state index contributed by atoms with van der Waals surface area (Å²) in [6.07, 6.45) is 0. The Morgan fingerprint density at radius 3 is 0.806 bits per heavy atom. The minimum atomic E-state index is -3.37. The largest absolute Gasteiger partial charge is 0.854 e. The van der Waals surface area contributed by atoms with Crippen LogP contribution in [0, 0.1) is 41.5 Å². The molecule has 31 heavy (non-hydrogen) atoms. The van der Waals surface area contributed by atoms with E-state index in [0.717, 1.165) is 77.3 Å². The molecule has 0 atom stereocenters. The van der Waals surface area contributed by atoms with Gasteiger partial charge in [0, 0.05) is 0 Å². The van der Waals surface area contributed by atoms with Crippen molar-refractivity contribution in [2.24, 2.45) is 0 Å². The molecule has 0 unspecified atom stereocenters.